The van der Waals surface area contributed by atoms with Gasteiger partial charge < -0.3 is 9.42 Å². The van der Waals surface area contributed by atoms with Gasteiger partial charge in [-0.1, -0.05) is 11.2 Å². The lowest BCUT2D eigenvalue weighted by molar-refractivity contribution is -0.458. The summed E-state index contributed by atoms with van der Waals surface area (Å²) in [5.74, 6) is 0.562. The van der Waals surface area contributed by atoms with E-state index >= 15 is 0 Å². The van der Waals surface area contributed by atoms with Crippen LogP contribution < -0.4 is 4.99 Å². The highest BCUT2D eigenvalue weighted by Crippen LogP contribution is 2.25. The van der Waals surface area contributed by atoms with Crippen LogP contribution in [0.5, 0.6) is 0 Å². The zero-order valence-electron chi connectivity index (χ0n) is 9.63. The Morgan fingerprint density at radius 3 is 3.22 bits per heavy atom. The second-order valence-corrected chi connectivity index (χ2v) is 4.91. The third kappa shape index (κ3) is 2.06. The van der Waals surface area contributed by atoms with Crippen LogP contribution >= 0.6 is 11.3 Å². The molecule has 0 aromatic carbocycles. The standard InChI is InChI=1S/C12H11N3O2S/c16-12(15-5-3-13-4-6-15)9-8-10(17-14-9)11-2-1-7-18-11/h1-3,7-8H,4-6H2/p+1. The lowest BCUT2D eigenvalue weighted by atomic mass is 10.3. The van der Waals surface area contributed by atoms with Crippen molar-refractivity contribution in [3.05, 3.63) is 29.3 Å². The first-order valence-corrected chi connectivity index (χ1v) is 6.57. The number of carbonyl (C=O) groups is 1. The molecule has 2 aromatic rings. The molecule has 92 valence electrons. The van der Waals surface area contributed by atoms with Crippen molar-refractivity contribution in [3.63, 3.8) is 0 Å². The molecule has 0 atom stereocenters. The Hall–Kier alpha value is -1.95. The number of nitrogens with one attached hydrogen (secondary N) is 1. The average Bonchev–Trinajstić information content (AvgIpc) is 3.09. The molecule has 1 amide bonds. The number of amides is 1. The molecule has 5 nitrogen and oxygen atoms in total. The molecule has 2 aromatic heterocycles. The molecule has 6 heteroatoms. The smallest absolute Gasteiger partial charge is 0.276 e. The maximum atomic E-state index is 12.1. The van der Waals surface area contributed by atoms with Gasteiger partial charge in [-0.15, -0.1) is 11.3 Å². The molecule has 3 rings (SSSR count). The summed E-state index contributed by atoms with van der Waals surface area (Å²) < 4.78 is 5.21. The number of hydrogen-bond acceptors (Lipinski definition) is 4. The highest BCUT2D eigenvalue weighted by Gasteiger charge is 2.22. The molecule has 0 saturated heterocycles. The average molecular weight is 262 g/mol. The van der Waals surface area contributed by atoms with E-state index in [4.69, 9.17) is 4.52 Å². The number of carbonyl (C=O) groups excluding carboxylic acids is 1. The highest BCUT2D eigenvalue weighted by atomic mass is 32.1. The second kappa shape index (κ2) is 4.73. The van der Waals surface area contributed by atoms with Crippen LogP contribution in [-0.2, 0) is 0 Å². The largest absolute Gasteiger partial charge is 0.355 e. The minimum Gasteiger partial charge on any atom is -0.355 e. The molecule has 0 bridgehead atoms. The molecule has 0 saturated carbocycles. The Bertz CT molecular complexity index is 574. The van der Waals surface area contributed by atoms with Gasteiger partial charge in [-0.25, -0.2) is 4.99 Å². The minimum absolute atomic E-state index is 0.0840. The van der Waals surface area contributed by atoms with E-state index in [1.165, 1.54) is 0 Å². The Morgan fingerprint density at radius 2 is 2.50 bits per heavy atom. The van der Waals surface area contributed by atoms with Crippen molar-refractivity contribution in [3.8, 4) is 10.6 Å². The normalized spacial score (nSPS) is 15.0. The first-order valence-electron chi connectivity index (χ1n) is 5.69. The Morgan fingerprint density at radius 1 is 1.56 bits per heavy atom. The predicted molar refractivity (Wildman–Crippen MR) is 67.6 cm³/mol. The topological polar surface area (TPSA) is 60.3 Å². The first kappa shape index (κ1) is 11.2. The van der Waals surface area contributed by atoms with Crippen LogP contribution in [0.25, 0.3) is 10.6 Å². The van der Waals surface area contributed by atoms with Crippen LogP contribution in [0.1, 0.15) is 10.5 Å². The Balaban J connectivity index is 1.80. The molecule has 1 aliphatic rings. The highest BCUT2D eigenvalue weighted by molar-refractivity contribution is 7.13. The molecule has 0 aliphatic carbocycles. The van der Waals surface area contributed by atoms with Gasteiger partial charge in [-0.3, -0.25) is 4.79 Å². The van der Waals surface area contributed by atoms with E-state index in [0.29, 0.717) is 24.5 Å². The lowest BCUT2D eigenvalue weighted by Gasteiger charge is -2.18. The van der Waals surface area contributed by atoms with Gasteiger partial charge in [-0.2, -0.15) is 0 Å². The van der Waals surface area contributed by atoms with Crippen LogP contribution in [0, 0.1) is 0 Å². The zero-order chi connectivity index (χ0) is 12.4. The molecule has 0 spiro atoms. The third-order valence-electron chi connectivity index (χ3n) is 2.76. The Kier molecular flexibility index (Phi) is 2.93. The fourth-order valence-corrected chi connectivity index (χ4v) is 2.50. The number of thiophene rings is 1. The second-order valence-electron chi connectivity index (χ2n) is 3.96. The van der Waals surface area contributed by atoms with Gasteiger partial charge >= 0.3 is 0 Å². The molecule has 3 heterocycles. The van der Waals surface area contributed by atoms with Gasteiger partial charge in [0.25, 0.3) is 5.91 Å². The van der Waals surface area contributed by atoms with Crippen molar-refractivity contribution < 1.29 is 14.3 Å². The van der Waals surface area contributed by atoms with Crippen molar-refractivity contribution in [2.45, 2.75) is 0 Å². The minimum atomic E-state index is -0.0840. The van der Waals surface area contributed by atoms with Crippen molar-refractivity contribution in [1.82, 2.24) is 10.1 Å². The molecule has 1 N–H and O–H groups in total. The summed E-state index contributed by atoms with van der Waals surface area (Å²) in [6, 6.07) is 5.59. The molecule has 18 heavy (non-hydrogen) atoms. The predicted octanol–water partition coefficient (Wildman–Crippen LogP) is 0.0103. The molecule has 1 aliphatic heterocycles. The number of hydrogen-bond donors (Lipinski definition) is 1. The summed E-state index contributed by atoms with van der Waals surface area (Å²) in [5.41, 5.74) is 0.369. The molecule has 0 fully saturated rings. The van der Waals surface area contributed by atoms with E-state index in [-0.39, 0.29) is 5.91 Å². The van der Waals surface area contributed by atoms with Gasteiger partial charge in [0.2, 0.25) is 0 Å². The van der Waals surface area contributed by atoms with Crippen LogP contribution in [0.2, 0.25) is 0 Å². The van der Waals surface area contributed by atoms with Gasteiger partial charge in [0, 0.05) is 6.07 Å². The van der Waals surface area contributed by atoms with Crippen molar-refractivity contribution in [1.29, 1.82) is 0 Å². The third-order valence-corrected chi connectivity index (χ3v) is 3.65. The van der Waals surface area contributed by atoms with E-state index in [9.17, 15) is 4.79 Å². The summed E-state index contributed by atoms with van der Waals surface area (Å²) in [6.45, 7) is 2.07. The van der Waals surface area contributed by atoms with Crippen molar-refractivity contribution >= 4 is 23.5 Å². The van der Waals surface area contributed by atoms with Crippen LogP contribution in [0.3, 0.4) is 0 Å². The fraction of sp³-hybridized carbons (Fsp3) is 0.250. The summed E-state index contributed by atoms with van der Waals surface area (Å²) in [5, 5.41) is 5.82. The van der Waals surface area contributed by atoms with E-state index in [0.717, 1.165) is 11.4 Å². The first-order chi connectivity index (χ1) is 8.84. The van der Waals surface area contributed by atoms with E-state index in [1.54, 1.807) is 22.3 Å². The van der Waals surface area contributed by atoms with Crippen molar-refractivity contribution in [2.24, 2.45) is 0 Å². The Labute approximate surface area is 108 Å². The quantitative estimate of drug-likeness (QED) is 0.829. The van der Waals surface area contributed by atoms with Crippen LogP contribution in [0.15, 0.2) is 28.1 Å². The van der Waals surface area contributed by atoms with Gasteiger partial charge in [-0.05, 0) is 11.4 Å². The number of nitrogens with zero attached hydrogens (tertiary/aromatic N) is 2. The molecular formula is C12H12N3O2S+. The number of aromatic nitrogens is 1. The summed E-state index contributed by atoms with van der Waals surface area (Å²) in [6.07, 6.45) is 1.88. The monoisotopic (exact) mass is 262 g/mol. The maximum absolute atomic E-state index is 12.1. The van der Waals surface area contributed by atoms with Crippen molar-refractivity contribution in [2.75, 3.05) is 19.6 Å². The zero-order valence-corrected chi connectivity index (χ0v) is 10.4. The van der Waals surface area contributed by atoms with Gasteiger partial charge in [0.1, 0.15) is 0 Å². The van der Waals surface area contributed by atoms with Gasteiger partial charge in [0.15, 0.2) is 24.2 Å². The van der Waals surface area contributed by atoms with Gasteiger partial charge in [0.05, 0.1) is 18.0 Å². The number of rotatable bonds is 2. The summed E-state index contributed by atoms with van der Waals surface area (Å²) in [7, 11) is 0. The molecule has 0 unspecified atom stereocenters. The maximum Gasteiger partial charge on any atom is 0.276 e. The van der Waals surface area contributed by atoms with E-state index in [2.05, 4.69) is 10.1 Å². The van der Waals surface area contributed by atoms with Crippen LogP contribution in [-0.4, -0.2) is 41.8 Å². The van der Waals surface area contributed by atoms with Crippen LogP contribution in [0.4, 0.5) is 0 Å². The molecule has 0 radical (unpaired) electrons. The van der Waals surface area contributed by atoms with E-state index < -0.39 is 0 Å². The summed E-state index contributed by atoms with van der Waals surface area (Å²) in [4.78, 5) is 18.0. The van der Waals surface area contributed by atoms with E-state index in [1.807, 2.05) is 23.7 Å². The summed E-state index contributed by atoms with van der Waals surface area (Å²) >= 11 is 1.56. The molecular weight excluding hydrogens is 250 g/mol. The fourth-order valence-electron chi connectivity index (χ4n) is 1.82. The SMILES string of the molecule is O=C(c1cc(-c2cccs2)on1)N1CC=[NH+]CC1. The lowest BCUT2D eigenvalue weighted by Crippen LogP contribution is -2.75.